The summed E-state index contributed by atoms with van der Waals surface area (Å²) in [4.78, 5) is 13.3. The van der Waals surface area contributed by atoms with Crippen molar-refractivity contribution in [3.63, 3.8) is 0 Å². The normalized spacial score (nSPS) is 17.5. The van der Waals surface area contributed by atoms with Crippen molar-refractivity contribution in [1.29, 1.82) is 0 Å². The topological polar surface area (TPSA) is 67.2 Å². The highest BCUT2D eigenvalue weighted by atomic mass is 32.1. The Morgan fingerprint density at radius 3 is 2.67 bits per heavy atom. The molecule has 2 heterocycles. The summed E-state index contributed by atoms with van der Waals surface area (Å²) in [5.41, 5.74) is 0.334. The summed E-state index contributed by atoms with van der Waals surface area (Å²) < 4.78 is 1.97. The van der Waals surface area contributed by atoms with Gasteiger partial charge in [0.25, 0.3) is 5.91 Å². The Hall–Kier alpha value is -1.66. The number of nitrogens with one attached hydrogen (secondary N) is 1. The van der Waals surface area contributed by atoms with E-state index in [0.29, 0.717) is 11.6 Å². The van der Waals surface area contributed by atoms with Crippen molar-refractivity contribution in [2.75, 3.05) is 6.54 Å². The number of carbonyl (C=O) groups is 1. The fraction of sp³-hybridized carbons (Fsp3) is 0.556. The first-order valence-corrected chi connectivity index (χ1v) is 9.21. The van der Waals surface area contributed by atoms with Crippen LogP contribution in [0.2, 0.25) is 0 Å². The highest BCUT2D eigenvalue weighted by molar-refractivity contribution is 7.10. The lowest BCUT2D eigenvalue weighted by molar-refractivity contribution is 0.0554. The molecule has 5 nitrogen and oxygen atoms in total. The van der Waals surface area contributed by atoms with Gasteiger partial charge < -0.3 is 10.4 Å². The molecule has 0 bridgehead atoms. The smallest absolute Gasteiger partial charge is 0.271 e. The maximum atomic E-state index is 12.5. The van der Waals surface area contributed by atoms with Crippen LogP contribution in [0.1, 0.15) is 67.5 Å². The number of thiophene rings is 1. The fourth-order valence-electron chi connectivity index (χ4n) is 2.73. The van der Waals surface area contributed by atoms with Crippen LogP contribution in [0.25, 0.3) is 0 Å². The third-order valence-electron chi connectivity index (χ3n) is 4.25. The van der Waals surface area contributed by atoms with Crippen molar-refractivity contribution in [1.82, 2.24) is 15.1 Å². The van der Waals surface area contributed by atoms with Crippen LogP contribution >= 0.6 is 11.3 Å². The van der Waals surface area contributed by atoms with Gasteiger partial charge in [0.2, 0.25) is 0 Å². The fourth-order valence-corrected chi connectivity index (χ4v) is 3.52. The SMILES string of the molecule is CC(O)(CNC(=O)c1cc(C2CC2)n(C(C)(C)C)n1)c1cccs1. The van der Waals surface area contributed by atoms with Crippen molar-refractivity contribution in [3.8, 4) is 0 Å². The summed E-state index contributed by atoms with van der Waals surface area (Å²) in [6, 6.07) is 5.66. The van der Waals surface area contributed by atoms with Gasteiger partial charge >= 0.3 is 0 Å². The highest BCUT2D eigenvalue weighted by Crippen LogP contribution is 2.41. The third-order valence-corrected chi connectivity index (χ3v) is 5.37. The summed E-state index contributed by atoms with van der Waals surface area (Å²) in [6.07, 6.45) is 2.33. The van der Waals surface area contributed by atoms with Crippen LogP contribution in [0.4, 0.5) is 0 Å². The molecule has 2 N–H and O–H groups in total. The van der Waals surface area contributed by atoms with Crippen LogP contribution in [0.3, 0.4) is 0 Å². The molecule has 2 aromatic rings. The number of hydrogen-bond donors (Lipinski definition) is 2. The molecule has 2 aromatic heterocycles. The molecule has 1 atom stereocenters. The summed E-state index contributed by atoms with van der Waals surface area (Å²) in [5.74, 6) is 0.282. The second-order valence-electron chi connectivity index (χ2n) is 7.75. The molecule has 0 radical (unpaired) electrons. The van der Waals surface area contributed by atoms with Gasteiger partial charge in [0, 0.05) is 16.5 Å². The van der Waals surface area contributed by atoms with E-state index in [-0.39, 0.29) is 18.0 Å². The Bertz CT molecular complexity index is 722. The van der Waals surface area contributed by atoms with E-state index in [1.165, 1.54) is 11.3 Å². The van der Waals surface area contributed by atoms with Crippen LogP contribution in [0.5, 0.6) is 0 Å². The standard InChI is InChI=1S/C18H25N3O2S/c1-17(2,3)21-14(12-7-8-12)10-13(20-21)16(22)19-11-18(4,23)15-6-5-9-24-15/h5-6,9-10,12,23H,7-8,11H2,1-4H3,(H,19,22). The molecule has 0 aromatic carbocycles. The van der Waals surface area contributed by atoms with Crippen LogP contribution in [-0.2, 0) is 11.1 Å². The van der Waals surface area contributed by atoms with E-state index >= 15 is 0 Å². The lowest BCUT2D eigenvalue weighted by atomic mass is 10.1. The van der Waals surface area contributed by atoms with Gasteiger partial charge in [-0.3, -0.25) is 9.48 Å². The van der Waals surface area contributed by atoms with Gasteiger partial charge in [0.1, 0.15) is 11.3 Å². The number of carbonyl (C=O) groups excluding carboxylic acids is 1. The number of nitrogens with zero attached hydrogens (tertiary/aromatic N) is 2. The summed E-state index contributed by atoms with van der Waals surface area (Å²) in [6.45, 7) is 8.15. The largest absolute Gasteiger partial charge is 0.383 e. The third kappa shape index (κ3) is 3.54. The zero-order valence-electron chi connectivity index (χ0n) is 14.7. The van der Waals surface area contributed by atoms with E-state index < -0.39 is 5.60 Å². The first kappa shape index (κ1) is 17.2. The summed E-state index contributed by atoms with van der Waals surface area (Å²) in [5, 5.41) is 19.8. The highest BCUT2D eigenvalue weighted by Gasteiger charge is 2.33. The minimum absolute atomic E-state index is 0.154. The molecule has 130 valence electrons. The van der Waals surface area contributed by atoms with E-state index in [1.807, 2.05) is 28.3 Å². The van der Waals surface area contributed by atoms with Gasteiger partial charge in [-0.2, -0.15) is 5.10 Å². The molecule has 1 amide bonds. The molecule has 24 heavy (non-hydrogen) atoms. The summed E-state index contributed by atoms with van der Waals surface area (Å²) >= 11 is 1.48. The van der Waals surface area contributed by atoms with Crippen LogP contribution in [-0.4, -0.2) is 27.3 Å². The van der Waals surface area contributed by atoms with Crippen molar-refractivity contribution in [2.45, 2.75) is 57.6 Å². The Balaban J connectivity index is 1.74. The zero-order valence-corrected chi connectivity index (χ0v) is 15.5. The first-order chi connectivity index (χ1) is 11.2. The lowest BCUT2D eigenvalue weighted by Crippen LogP contribution is -2.38. The van der Waals surface area contributed by atoms with Crippen LogP contribution < -0.4 is 5.32 Å². The molecule has 0 saturated heterocycles. The van der Waals surface area contributed by atoms with E-state index in [9.17, 15) is 9.90 Å². The van der Waals surface area contributed by atoms with Gasteiger partial charge in [-0.25, -0.2) is 0 Å². The number of amides is 1. The van der Waals surface area contributed by atoms with Crippen molar-refractivity contribution < 1.29 is 9.90 Å². The zero-order chi connectivity index (χ0) is 17.5. The maximum absolute atomic E-state index is 12.5. The minimum Gasteiger partial charge on any atom is -0.383 e. The Kier molecular flexibility index (Phi) is 4.30. The van der Waals surface area contributed by atoms with Crippen molar-refractivity contribution in [2.24, 2.45) is 0 Å². The lowest BCUT2D eigenvalue weighted by Gasteiger charge is -2.22. The van der Waals surface area contributed by atoms with Crippen LogP contribution in [0, 0.1) is 0 Å². The molecule has 1 aliphatic carbocycles. The number of rotatable bonds is 5. The number of aromatic nitrogens is 2. The quantitative estimate of drug-likeness (QED) is 0.873. The molecule has 1 unspecified atom stereocenters. The molecule has 6 heteroatoms. The number of aliphatic hydroxyl groups is 1. The predicted molar refractivity (Wildman–Crippen MR) is 95.4 cm³/mol. The van der Waals surface area contributed by atoms with Gasteiger partial charge in [-0.1, -0.05) is 6.07 Å². The maximum Gasteiger partial charge on any atom is 0.271 e. The van der Waals surface area contributed by atoms with E-state index in [2.05, 4.69) is 31.2 Å². The molecule has 1 aliphatic rings. The van der Waals surface area contributed by atoms with Crippen LogP contribution in [0.15, 0.2) is 23.6 Å². The molecular formula is C18H25N3O2S. The number of hydrogen-bond acceptors (Lipinski definition) is 4. The second kappa shape index (κ2) is 6.01. The van der Waals surface area contributed by atoms with Crippen molar-refractivity contribution in [3.05, 3.63) is 39.8 Å². The van der Waals surface area contributed by atoms with Gasteiger partial charge in [0.05, 0.1) is 12.1 Å². The predicted octanol–water partition coefficient (Wildman–Crippen LogP) is 3.21. The van der Waals surface area contributed by atoms with Gasteiger partial charge in [-0.05, 0) is 58.0 Å². The molecule has 1 fully saturated rings. The average Bonchev–Trinajstić information content (AvgIpc) is 3.03. The van der Waals surface area contributed by atoms with Crippen molar-refractivity contribution >= 4 is 17.2 Å². The molecule has 1 saturated carbocycles. The molecule has 0 spiro atoms. The molecule has 0 aliphatic heterocycles. The Labute approximate surface area is 146 Å². The van der Waals surface area contributed by atoms with Gasteiger partial charge in [-0.15, -0.1) is 11.3 Å². The molecular weight excluding hydrogens is 322 g/mol. The van der Waals surface area contributed by atoms with Gasteiger partial charge in [0.15, 0.2) is 0 Å². The Morgan fingerprint density at radius 1 is 1.42 bits per heavy atom. The monoisotopic (exact) mass is 347 g/mol. The second-order valence-corrected chi connectivity index (χ2v) is 8.69. The van der Waals surface area contributed by atoms with E-state index in [1.54, 1.807) is 6.92 Å². The average molecular weight is 347 g/mol. The Morgan fingerprint density at radius 2 is 2.12 bits per heavy atom. The van der Waals surface area contributed by atoms with E-state index in [4.69, 9.17) is 0 Å². The summed E-state index contributed by atoms with van der Waals surface area (Å²) in [7, 11) is 0. The van der Waals surface area contributed by atoms with E-state index in [0.717, 1.165) is 23.4 Å². The minimum atomic E-state index is -1.07. The first-order valence-electron chi connectivity index (χ1n) is 8.33. The molecule has 3 rings (SSSR count).